The average Bonchev–Trinajstić information content (AvgIpc) is 2.69. The van der Waals surface area contributed by atoms with Crippen LogP contribution in [0.15, 0.2) is 42.9 Å². The molecule has 0 saturated carbocycles. The molecule has 0 aliphatic carbocycles. The first-order valence-electron chi connectivity index (χ1n) is 8.90. The van der Waals surface area contributed by atoms with E-state index in [1.807, 2.05) is 0 Å². The Bertz CT molecular complexity index is 818. The molecule has 2 atom stereocenters. The fourth-order valence-electron chi connectivity index (χ4n) is 3.25. The summed E-state index contributed by atoms with van der Waals surface area (Å²) in [5.41, 5.74) is 0.509. The minimum atomic E-state index is -2.84. The molecule has 1 amide bonds. The van der Waals surface area contributed by atoms with Crippen molar-refractivity contribution in [2.45, 2.75) is 31.2 Å². The van der Waals surface area contributed by atoms with E-state index in [1.54, 1.807) is 48.5 Å². The third-order valence-corrected chi connectivity index (χ3v) is 5.23. The summed E-state index contributed by atoms with van der Waals surface area (Å²) in [7, 11) is 1.49. The second-order valence-electron chi connectivity index (χ2n) is 6.76. The van der Waals surface area contributed by atoms with Crippen LogP contribution in [0.3, 0.4) is 0 Å². The largest absolute Gasteiger partial charge is 0.309 e. The van der Waals surface area contributed by atoms with Crippen LogP contribution in [-0.4, -0.2) is 48.0 Å². The van der Waals surface area contributed by atoms with Crippen molar-refractivity contribution in [1.29, 1.82) is 0 Å². The van der Waals surface area contributed by atoms with Gasteiger partial charge in [-0.05, 0) is 24.6 Å². The number of hydrogen-bond acceptors (Lipinski definition) is 4. The highest BCUT2D eigenvalue weighted by Crippen LogP contribution is 2.40. The van der Waals surface area contributed by atoms with Gasteiger partial charge < -0.3 is 5.32 Å². The topological polar surface area (TPSA) is 58.3 Å². The van der Waals surface area contributed by atoms with Gasteiger partial charge in [0.15, 0.2) is 0 Å². The maximum atomic E-state index is 14.6. The maximum absolute atomic E-state index is 14.6. The molecule has 0 unspecified atom stereocenters. The molecule has 0 aromatic carbocycles. The Morgan fingerprint density at radius 1 is 1.39 bits per heavy atom. The van der Waals surface area contributed by atoms with Gasteiger partial charge in [0, 0.05) is 42.6 Å². The van der Waals surface area contributed by atoms with Gasteiger partial charge in [0.05, 0.1) is 17.0 Å². The molecule has 28 heavy (non-hydrogen) atoms. The smallest absolute Gasteiger partial charge is 0.257 e. The summed E-state index contributed by atoms with van der Waals surface area (Å²) in [5, 5.41) is 3.16. The molecule has 1 N–H and O–H groups in total. The Kier molecular flexibility index (Phi) is 6.10. The first-order valence-corrected chi connectivity index (χ1v) is 9.28. The van der Waals surface area contributed by atoms with Gasteiger partial charge in [0.1, 0.15) is 12.9 Å². The predicted octanol–water partition coefficient (Wildman–Crippen LogP) is 2.53. The van der Waals surface area contributed by atoms with E-state index in [1.165, 1.54) is 18.0 Å². The third-order valence-electron chi connectivity index (χ3n) is 5.01. The molecule has 6 nitrogen and oxygen atoms in total. The average molecular weight is 412 g/mol. The molecule has 150 valence electrons. The maximum Gasteiger partial charge on any atom is 0.257 e. The van der Waals surface area contributed by atoms with E-state index in [9.17, 15) is 13.6 Å². The molecule has 1 fully saturated rings. The van der Waals surface area contributed by atoms with Crippen LogP contribution < -0.4 is 14.9 Å². The Balaban J connectivity index is 1.71. The lowest BCUT2D eigenvalue weighted by atomic mass is 9.87. The van der Waals surface area contributed by atoms with Crippen LogP contribution in [0.1, 0.15) is 24.8 Å². The number of carbonyl (C=O) groups is 1. The molecule has 9 heteroatoms. The summed E-state index contributed by atoms with van der Waals surface area (Å²) >= 11 is 5.79. The molecule has 2 aromatic rings. The number of rotatable bonds is 5. The SMILES string of the molecule is CO[n+]1ccc([C@H]2CN([C@@H](C)C(=O)Nc3ccc(Cl)cn3)CCC2(F)F)cc1. The molecule has 0 bridgehead atoms. The normalized spacial score (nSPS) is 20.4. The van der Waals surface area contributed by atoms with Crippen LogP contribution >= 0.6 is 11.6 Å². The zero-order valence-corrected chi connectivity index (χ0v) is 16.4. The van der Waals surface area contributed by atoms with Crippen molar-refractivity contribution in [3.05, 3.63) is 53.4 Å². The van der Waals surface area contributed by atoms with Gasteiger partial charge in [0.25, 0.3) is 5.92 Å². The second-order valence-corrected chi connectivity index (χ2v) is 7.20. The zero-order valence-electron chi connectivity index (χ0n) is 15.6. The highest BCUT2D eigenvalue weighted by molar-refractivity contribution is 6.30. The Morgan fingerprint density at radius 2 is 2.11 bits per heavy atom. The summed E-state index contributed by atoms with van der Waals surface area (Å²) in [6, 6.07) is 5.87. The van der Waals surface area contributed by atoms with Crippen molar-refractivity contribution < 1.29 is 23.1 Å². The van der Waals surface area contributed by atoms with Gasteiger partial charge >= 0.3 is 0 Å². The van der Waals surface area contributed by atoms with Crippen molar-refractivity contribution in [2.24, 2.45) is 0 Å². The number of halogens is 3. The van der Waals surface area contributed by atoms with Crippen LogP contribution in [0.2, 0.25) is 5.02 Å². The summed E-state index contributed by atoms with van der Waals surface area (Å²) in [5.74, 6) is -3.78. The van der Waals surface area contributed by atoms with E-state index >= 15 is 0 Å². The third kappa shape index (κ3) is 4.56. The van der Waals surface area contributed by atoms with Crippen LogP contribution in [0.4, 0.5) is 14.6 Å². The van der Waals surface area contributed by atoms with Gasteiger partial charge in [-0.25, -0.2) is 13.8 Å². The van der Waals surface area contributed by atoms with Crippen molar-refractivity contribution in [3.8, 4) is 0 Å². The first-order chi connectivity index (χ1) is 13.3. The summed E-state index contributed by atoms with van der Waals surface area (Å²) in [6.07, 6.45) is 4.30. The molecular weight excluding hydrogens is 390 g/mol. The Hall–Kier alpha value is -2.32. The minimum absolute atomic E-state index is 0.0760. The fourth-order valence-corrected chi connectivity index (χ4v) is 3.36. The highest BCUT2D eigenvalue weighted by atomic mass is 35.5. The molecule has 2 aromatic heterocycles. The molecule has 0 radical (unpaired) electrons. The predicted molar refractivity (Wildman–Crippen MR) is 100 cm³/mol. The lowest BCUT2D eigenvalue weighted by molar-refractivity contribution is -0.885. The van der Waals surface area contributed by atoms with Crippen molar-refractivity contribution in [2.75, 3.05) is 25.5 Å². The molecule has 1 saturated heterocycles. The fraction of sp³-hybridized carbons (Fsp3) is 0.421. The number of alkyl halides is 2. The van der Waals surface area contributed by atoms with Crippen LogP contribution in [0.25, 0.3) is 0 Å². The molecule has 3 rings (SSSR count). The number of nitrogens with zero attached hydrogens (tertiary/aromatic N) is 3. The minimum Gasteiger partial charge on any atom is -0.309 e. The van der Waals surface area contributed by atoms with Crippen molar-refractivity contribution in [3.63, 3.8) is 0 Å². The molecule has 0 spiro atoms. The second kappa shape index (κ2) is 8.36. The van der Waals surface area contributed by atoms with Crippen LogP contribution in [0.5, 0.6) is 0 Å². The van der Waals surface area contributed by atoms with Gasteiger partial charge in [-0.3, -0.25) is 14.5 Å². The van der Waals surface area contributed by atoms with Gasteiger partial charge in [-0.15, -0.1) is 0 Å². The quantitative estimate of drug-likeness (QED) is 0.768. The van der Waals surface area contributed by atoms with E-state index in [2.05, 4.69) is 10.3 Å². The molecule has 3 heterocycles. The zero-order chi connectivity index (χ0) is 20.3. The number of aromatic nitrogens is 2. The van der Waals surface area contributed by atoms with Gasteiger partial charge in [-0.1, -0.05) is 11.6 Å². The Morgan fingerprint density at radius 3 is 2.71 bits per heavy atom. The van der Waals surface area contributed by atoms with E-state index in [4.69, 9.17) is 16.4 Å². The van der Waals surface area contributed by atoms with Crippen molar-refractivity contribution >= 4 is 23.3 Å². The molecule has 1 aliphatic heterocycles. The molecular formula is C19H22ClF2N4O2+. The number of amides is 1. The number of anilines is 1. The Labute approximate surface area is 167 Å². The van der Waals surface area contributed by atoms with E-state index in [0.29, 0.717) is 16.4 Å². The monoisotopic (exact) mass is 411 g/mol. The standard InChI is InChI=1S/C19H21ClF2N4O2/c1-13(18(27)24-17-4-3-15(20)11-23-17)25-10-7-19(21,22)16(12-25)14-5-8-26(28-2)9-6-14/h3-6,8-9,11,13,16H,7,10,12H2,1-2H3/p+1/t13-,16+/m0/s1. The number of piperidine rings is 1. The number of pyridine rings is 2. The first kappa shape index (κ1) is 20.4. The number of carbonyl (C=O) groups excluding carboxylic acids is 1. The van der Waals surface area contributed by atoms with Gasteiger partial charge in [0.2, 0.25) is 18.3 Å². The van der Waals surface area contributed by atoms with E-state index in [-0.39, 0.29) is 25.4 Å². The van der Waals surface area contributed by atoms with E-state index in [0.717, 1.165) is 0 Å². The van der Waals surface area contributed by atoms with Crippen molar-refractivity contribution in [1.82, 2.24) is 9.88 Å². The summed E-state index contributed by atoms with van der Waals surface area (Å²) in [6.45, 7) is 1.92. The number of hydrogen-bond donors (Lipinski definition) is 1. The van der Waals surface area contributed by atoms with Gasteiger partial charge in [-0.2, -0.15) is 0 Å². The number of nitrogens with one attached hydrogen (secondary N) is 1. The lowest BCUT2D eigenvalue weighted by Crippen LogP contribution is -2.52. The molecule has 1 aliphatic rings. The highest BCUT2D eigenvalue weighted by Gasteiger charge is 2.46. The van der Waals surface area contributed by atoms with E-state index < -0.39 is 17.9 Å². The van der Waals surface area contributed by atoms with Crippen LogP contribution in [0, 0.1) is 0 Å². The summed E-state index contributed by atoms with van der Waals surface area (Å²) in [4.78, 5) is 23.4. The summed E-state index contributed by atoms with van der Waals surface area (Å²) < 4.78 is 30.6. The van der Waals surface area contributed by atoms with Crippen LogP contribution in [-0.2, 0) is 4.79 Å². The lowest BCUT2D eigenvalue weighted by Gasteiger charge is -2.40. The number of likely N-dealkylation sites (tertiary alicyclic amines) is 1.